The third kappa shape index (κ3) is 6.98. The Hall–Kier alpha value is -8.86. The van der Waals surface area contributed by atoms with Gasteiger partial charge in [0.25, 0.3) is 0 Å². The highest BCUT2D eigenvalue weighted by atomic mass is 14.8. The van der Waals surface area contributed by atoms with Crippen molar-refractivity contribution >= 4 is 17.0 Å². The second-order valence-electron chi connectivity index (χ2n) is 16.7. The number of hydrogen-bond donors (Lipinski definition) is 0. The van der Waals surface area contributed by atoms with Gasteiger partial charge in [0.2, 0.25) is 0 Å². The number of benzene rings is 9. The fraction of sp³-hybridized carbons (Fsp3) is 0.0156. The summed E-state index contributed by atoms with van der Waals surface area (Å²) in [5, 5.41) is 9.82. The van der Waals surface area contributed by atoms with Crippen LogP contribution in [0.1, 0.15) is 44.5 Å². The summed E-state index contributed by atoms with van der Waals surface area (Å²) in [5.41, 5.74) is 23.7. The van der Waals surface area contributed by atoms with Gasteiger partial charge in [0, 0.05) is 22.8 Å². The van der Waals surface area contributed by atoms with Crippen molar-refractivity contribution in [2.45, 2.75) is 5.41 Å². The van der Waals surface area contributed by atoms with Crippen LogP contribution in [0.25, 0.3) is 55.8 Å². The van der Waals surface area contributed by atoms with Crippen LogP contribution in [0.2, 0.25) is 0 Å². The van der Waals surface area contributed by atoms with E-state index in [1.807, 2.05) is 30.3 Å². The molecule has 0 N–H and O–H groups in total. The number of aliphatic imine (C=N–C) groups is 1. The van der Waals surface area contributed by atoms with Gasteiger partial charge in [-0.25, -0.2) is 4.99 Å². The maximum atomic E-state index is 9.82. The summed E-state index contributed by atoms with van der Waals surface area (Å²) in [4.78, 5) is 5.52. The molecule has 0 radical (unpaired) electrons. The van der Waals surface area contributed by atoms with Gasteiger partial charge in [-0.05, 0) is 114 Å². The summed E-state index contributed by atoms with van der Waals surface area (Å²) < 4.78 is 0. The third-order valence-electron chi connectivity index (χ3n) is 13.0. The molecule has 0 bridgehead atoms. The van der Waals surface area contributed by atoms with Gasteiger partial charge in [-0.3, -0.25) is 0 Å². The predicted octanol–water partition coefficient (Wildman–Crippen LogP) is 15.6. The quantitative estimate of drug-likeness (QED) is 0.140. The van der Waals surface area contributed by atoms with Gasteiger partial charge < -0.3 is 0 Å². The lowest BCUT2D eigenvalue weighted by Crippen LogP contribution is -2.28. The standard InChI is InChI=1S/C64H42N2/c1-44-39-63(66-62(38-37-53(44)46-19-6-2-7-20-46)56-31-15-14-29-54(56)47-21-8-3-9-22-47)50-24-18-23-49(40-50)58-42-61-59(41-57(58)48-35-33-45(43-65)34-36-48)55-30-16-17-32-60(55)64(61,51-25-10-4-11-26-51)52-27-12-5-13-28-52/h2-36,38-42H,1H2/b63-39-,66-62+. The van der Waals surface area contributed by atoms with E-state index >= 15 is 0 Å². The topological polar surface area (TPSA) is 36.1 Å². The zero-order chi connectivity index (χ0) is 44.5. The fourth-order valence-electron chi connectivity index (χ4n) is 9.94. The van der Waals surface area contributed by atoms with Crippen molar-refractivity contribution in [2.75, 3.05) is 0 Å². The van der Waals surface area contributed by atoms with Gasteiger partial charge in [0.1, 0.15) is 0 Å². The first-order valence-corrected chi connectivity index (χ1v) is 22.3. The summed E-state index contributed by atoms with van der Waals surface area (Å²) >= 11 is 0. The zero-order valence-corrected chi connectivity index (χ0v) is 36.2. The molecule has 0 saturated heterocycles. The Morgan fingerprint density at radius 3 is 1.62 bits per heavy atom. The van der Waals surface area contributed by atoms with E-state index in [-0.39, 0.29) is 0 Å². The van der Waals surface area contributed by atoms with Gasteiger partial charge in [-0.2, -0.15) is 5.26 Å². The molecule has 1 heterocycles. The Labute approximate surface area is 386 Å². The number of nitriles is 1. The number of nitrogens with zero attached hydrogens (tertiary/aromatic N) is 2. The van der Waals surface area contributed by atoms with Crippen molar-refractivity contribution in [3.63, 3.8) is 0 Å². The summed E-state index contributed by atoms with van der Waals surface area (Å²) in [5.74, 6) is 0. The van der Waals surface area contributed by atoms with Crippen LogP contribution in [-0.2, 0) is 5.41 Å². The van der Waals surface area contributed by atoms with Crippen LogP contribution < -0.4 is 0 Å². The van der Waals surface area contributed by atoms with E-state index in [2.05, 4.69) is 231 Å². The van der Waals surface area contributed by atoms with E-state index in [4.69, 9.17) is 4.99 Å². The van der Waals surface area contributed by atoms with Crippen LogP contribution in [0.3, 0.4) is 0 Å². The Morgan fingerprint density at radius 2 is 0.955 bits per heavy atom. The maximum absolute atomic E-state index is 9.82. The van der Waals surface area contributed by atoms with Crippen molar-refractivity contribution in [3.8, 4) is 50.6 Å². The second-order valence-corrected chi connectivity index (χ2v) is 16.7. The van der Waals surface area contributed by atoms with Gasteiger partial charge in [0.05, 0.1) is 28.5 Å². The number of rotatable bonds is 8. The average molecular weight is 839 g/mol. The lowest BCUT2D eigenvalue weighted by molar-refractivity contribution is 0.769. The maximum Gasteiger partial charge on any atom is 0.0991 e. The van der Waals surface area contributed by atoms with Crippen molar-refractivity contribution in [1.29, 1.82) is 5.26 Å². The lowest BCUT2D eigenvalue weighted by atomic mass is 9.67. The van der Waals surface area contributed by atoms with E-state index in [9.17, 15) is 5.26 Å². The molecule has 1 aliphatic heterocycles. The molecule has 0 unspecified atom stereocenters. The van der Waals surface area contributed by atoms with Crippen LogP contribution in [0.15, 0.2) is 266 Å². The van der Waals surface area contributed by atoms with Crippen molar-refractivity contribution in [3.05, 3.63) is 305 Å². The number of allylic oxidation sites excluding steroid dienone is 3. The van der Waals surface area contributed by atoms with Gasteiger partial charge in [-0.15, -0.1) is 5.73 Å². The molecule has 11 rings (SSSR count). The minimum absolute atomic E-state index is 0.582. The molecule has 66 heavy (non-hydrogen) atoms. The Bertz CT molecular complexity index is 3450. The summed E-state index contributed by atoms with van der Waals surface area (Å²) in [6.07, 6.45) is 4.11. The highest BCUT2D eigenvalue weighted by Gasteiger charge is 2.46. The molecule has 0 fully saturated rings. The molecule has 2 nitrogen and oxygen atoms in total. The van der Waals surface area contributed by atoms with Crippen LogP contribution in [0.5, 0.6) is 0 Å². The first-order chi connectivity index (χ1) is 32.6. The molecule has 0 spiro atoms. The Balaban J connectivity index is 1.15. The zero-order valence-electron chi connectivity index (χ0n) is 36.2. The predicted molar refractivity (Wildman–Crippen MR) is 273 cm³/mol. The van der Waals surface area contributed by atoms with E-state index in [0.29, 0.717) is 5.56 Å². The minimum Gasteiger partial charge on any atom is -0.247 e. The molecule has 0 saturated carbocycles. The molecular weight excluding hydrogens is 797 g/mol. The van der Waals surface area contributed by atoms with E-state index < -0.39 is 5.41 Å². The van der Waals surface area contributed by atoms with Crippen LogP contribution in [-0.4, -0.2) is 5.71 Å². The number of hydrogen-bond acceptors (Lipinski definition) is 2. The van der Waals surface area contributed by atoms with Crippen molar-refractivity contribution in [2.24, 2.45) is 4.99 Å². The minimum atomic E-state index is -0.582. The molecular formula is C64H42N2. The molecule has 0 amide bonds. The molecule has 2 aliphatic rings. The van der Waals surface area contributed by atoms with E-state index in [1.54, 1.807) is 0 Å². The molecule has 9 aromatic carbocycles. The first kappa shape index (κ1) is 40.0. The van der Waals surface area contributed by atoms with Crippen LogP contribution in [0, 0.1) is 11.3 Å². The Morgan fingerprint density at radius 1 is 0.424 bits per heavy atom. The monoisotopic (exact) mass is 838 g/mol. The average Bonchev–Trinajstić information content (AvgIpc) is 3.68. The Kier molecular flexibility index (Phi) is 10.3. The lowest BCUT2D eigenvalue weighted by Gasteiger charge is -2.34. The van der Waals surface area contributed by atoms with Crippen LogP contribution in [0.4, 0.5) is 0 Å². The van der Waals surface area contributed by atoms with Gasteiger partial charge in [-0.1, -0.05) is 207 Å². The summed E-state index contributed by atoms with van der Waals surface area (Å²) in [6, 6.07) is 83.8. The van der Waals surface area contributed by atoms with Crippen molar-refractivity contribution in [1.82, 2.24) is 0 Å². The molecule has 9 aromatic rings. The third-order valence-corrected chi connectivity index (χ3v) is 13.0. The smallest absolute Gasteiger partial charge is 0.0991 e. The van der Waals surface area contributed by atoms with Crippen LogP contribution >= 0.6 is 0 Å². The number of fused-ring (bicyclic) bond motifs is 3. The molecule has 0 aromatic heterocycles. The highest BCUT2D eigenvalue weighted by molar-refractivity contribution is 6.15. The normalized spacial score (nSPS) is 15.1. The second kappa shape index (κ2) is 17.0. The SMILES string of the molecule is C=C1/C=C(c2cccc(-c3cc4c(cc3-c3ccc(C#N)cc3)-c3ccccc3C4(c3ccccc3)c3ccccc3)c2)\N=C(\c2ccccc2-c2ccccc2)C=C=C1c1ccccc1. The largest absolute Gasteiger partial charge is 0.247 e. The van der Waals surface area contributed by atoms with E-state index in [0.717, 1.165) is 72.6 Å². The van der Waals surface area contributed by atoms with Crippen molar-refractivity contribution < 1.29 is 0 Å². The fourth-order valence-corrected chi connectivity index (χ4v) is 9.94. The molecule has 0 atom stereocenters. The molecule has 308 valence electrons. The summed E-state index contributed by atoms with van der Waals surface area (Å²) in [6.45, 7) is 4.61. The summed E-state index contributed by atoms with van der Waals surface area (Å²) in [7, 11) is 0. The van der Waals surface area contributed by atoms with Gasteiger partial charge in [0.15, 0.2) is 0 Å². The molecule has 2 heteroatoms. The molecule has 1 aliphatic carbocycles. The highest BCUT2D eigenvalue weighted by Crippen LogP contribution is 2.58. The first-order valence-electron chi connectivity index (χ1n) is 22.3. The van der Waals surface area contributed by atoms with Gasteiger partial charge >= 0.3 is 0 Å². The van der Waals surface area contributed by atoms with E-state index in [1.165, 1.54) is 33.4 Å².